The van der Waals surface area contributed by atoms with Crippen molar-refractivity contribution >= 4 is 33.4 Å². The molecule has 0 atom stereocenters. The monoisotopic (exact) mass is 427 g/mol. The maximum Gasteiger partial charge on any atom is 0.177 e. The van der Waals surface area contributed by atoms with Crippen LogP contribution in [0.2, 0.25) is 0 Å². The van der Waals surface area contributed by atoms with Crippen molar-refractivity contribution in [2.75, 3.05) is 0 Å². The van der Waals surface area contributed by atoms with Crippen LogP contribution in [0, 0.1) is 12.1 Å². The molecule has 0 spiro atoms. The quantitative estimate of drug-likeness (QED) is 0.408. The van der Waals surface area contributed by atoms with Crippen molar-refractivity contribution in [3.05, 3.63) is 65.8 Å². The molecule has 0 amide bonds. The second-order valence-corrected chi connectivity index (χ2v) is 8.16. The van der Waals surface area contributed by atoms with E-state index in [1.165, 1.54) is 6.07 Å². The summed E-state index contributed by atoms with van der Waals surface area (Å²) in [4.78, 5) is 22.0. The molecule has 6 aromatic heterocycles. The van der Waals surface area contributed by atoms with Gasteiger partial charge in [0.1, 0.15) is 16.9 Å². The molecule has 6 heterocycles. The van der Waals surface area contributed by atoms with E-state index < -0.39 is 0 Å². The number of hydrogen-bond donors (Lipinski definition) is 2. The highest BCUT2D eigenvalue weighted by Crippen LogP contribution is 2.33. The molecule has 6 aromatic rings. The second kappa shape index (κ2) is 6.78. The smallest absolute Gasteiger partial charge is 0.177 e. The topological polar surface area (TPSA) is 96.0 Å². The predicted octanol–water partition coefficient (Wildman–Crippen LogP) is 5.13. The number of fused-ring (bicyclic) bond motifs is 2. The van der Waals surface area contributed by atoms with Gasteiger partial charge in [-0.2, -0.15) is 9.49 Å². The van der Waals surface area contributed by atoms with Crippen molar-refractivity contribution in [2.45, 2.75) is 6.92 Å². The number of pyridine rings is 3. The standard InChI is InChI=1S/C22H14FN7S/c1-11-4-6-24-10-14(11)12-8-13-18(29-30-21(13)26-9-12)22-27-15-5-7-25-20(19(15)28-22)16-2-3-17(23)31-16/h2-10H,1H3,(H,27,28)(H,26,29,30). The third-order valence-corrected chi connectivity index (χ3v) is 6.08. The highest BCUT2D eigenvalue weighted by molar-refractivity contribution is 7.13. The zero-order valence-electron chi connectivity index (χ0n) is 16.2. The van der Waals surface area contributed by atoms with Crippen LogP contribution < -0.4 is 0 Å². The first-order valence-electron chi connectivity index (χ1n) is 9.53. The summed E-state index contributed by atoms with van der Waals surface area (Å²) in [6, 6.07) is 9.00. The van der Waals surface area contributed by atoms with E-state index in [9.17, 15) is 4.39 Å². The molecule has 0 fully saturated rings. The lowest BCUT2D eigenvalue weighted by molar-refractivity contribution is 0.657. The van der Waals surface area contributed by atoms with Gasteiger partial charge in [-0.1, -0.05) is 0 Å². The number of nitrogens with zero attached hydrogens (tertiary/aromatic N) is 5. The van der Waals surface area contributed by atoms with E-state index >= 15 is 0 Å². The molecular formula is C22H14FN7S. The van der Waals surface area contributed by atoms with Crippen LogP contribution in [0.5, 0.6) is 0 Å². The molecule has 7 nitrogen and oxygen atoms in total. The van der Waals surface area contributed by atoms with Crippen LogP contribution in [0.4, 0.5) is 4.39 Å². The molecule has 150 valence electrons. The summed E-state index contributed by atoms with van der Waals surface area (Å²) in [5.41, 5.74) is 6.51. The molecule has 0 unspecified atom stereocenters. The lowest BCUT2D eigenvalue weighted by atomic mass is 10.0. The molecule has 0 saturated carbocycles. The van der Waals surface area contributed by atoms with Gasteiger partial charge in [0.2, 0.25) is 0 Å². The first-order valence-corrected chi connectivity index (χ1v) is 10.3. The van der Waals surface area contributed by atoms with Crippen molar-refractivity contribution in [2.24, 2.45) is 0 Å². The molecule has 0 radical (unpaired) electrons. The van der Waals surface area contributed by atoms with Crippen molar-refractivity contribution < 1.29 is 4.39 Å². The lowest BCUT2D eigenvalue weighted by Crippen LogP contribution is -1.87. The fourth-order valence-electron chi connectivity index (χ4n) is 3.67. The van der Waals surface area contributed by atoms with Crippen LogP contribution in [0.15, 0.2) is 55.1 Å². The summed E-state index contributed by atoms with van der Waals surface area (Å²) in [5, 5.41) is 8.01. The Bertz CT molecular complexity index is 1580. The summed E-state index contributed by atoms with van der Waals surface area (Å²) in [6.07, 6.45) is 7.09. The van der Waals surface area contributed by atoms with Crippen LogP contribution in [-0.2, 0) is 0 Å². The minimum absolute atomic E-state index is 0.257. The van der Waals surface area contributed by atoms with Crippen LogP contribution in [-0.4, -0.2) is 35.1 Å². The fraction of sp³-hybridized carbons (Fsp3) is 0.0455. The van der Waals surface area contributed by atoms with Crippen LogP contribution in [0.25, 0.3) is 55.3 Å². The number of hydrogen-bond acceptors (Lipinski definition) is 6. The molecule has 0 aliphatic heterocycles. The molecule has 0 aliphatic rings. The first kappa shape index (κ1) is 17.8. The van der Waals surface area contributed by atoms with Crippen molar-refractivity contribution in [1.29, 1.82) is 0 Å². The van der Waals surface area contributed by atoms with Crippen LogP contribution >= 0.6 is 11.3 Å². The van der Waals surface area contributed by atoms with Crippen molar-refractivity contribution in [1.82, 2.24) is 35.1 Å². The molecular weight excluding hydrogens is 413 g/mol. The lowest BCUT2D eigenvalue weighted by Gasteiger charge is -2.04. The van der Waals surface area contributed by atoms with Gasteiger partial charge >= 0.3 is 0 Å². The Balaban J connectivity index is 1.52. The van der Waals surface area contributed by atoms with E-state index in [0.717, 1.165) is 43.8 Å². The van der Waals surface area contributed by atoms with Gasteiger partial charge in [-0.05, 0) is 42.8 Å². The van der Waals surface area contributed by atoms with Gasteiger partial charge in [-0.3, -0.25) is 15.1 Å². The third-order valence-electron chi connectivity index (χ3n) is 5.20. The predicted molar refractivity (Wildman–Crippen MR) is 118 cm³/mol. The molecule has 9 heteroatoms. The summed E-state index contributed by atoms with van der Waals surface area (Å²) >= 11 is 1.05. The number of aryl methyl sites for hydroxylation is 1. The Morgan fingerprint density at radius 1 is 1.00 bits per heavy atom. The average molecular weight is 427 g/mol. The SMILES string of the molecule is Cc1ccncc1-c1cnc2[nH]nc(-c3nc4c(-c5ccc(F)s5)nccc4[nH]3)c2c1. The van der Waals surface area contributed by atoms with Gasteiger partial charge in [-0.25, -0.2) is 9.97 Å². The largest absolute Gasteiger partial charge is 0.336 e. The number of thiophene rings is 1. The molecule has 31 heavy (non-hydrogen) atoms. The minimum atomic E-state index is -0.257. The number of aromatic amines is 2. The number of H-pyrrole nitrogens is 2. The van der Waals surface area contributed by atoms with E-state index in [1.807, 2.05) is 31.3 Å². The van der Waals surface area contributed by atoms with Gasteiger partial charge in [0.15, 0.2) is 16.6 Å². The summed E-state index contributed by atoms with van der Waals surface area (Å²) in [7, 11) is 0. The maximum absolute atomic E-state index is 13.6. The summed E-state index contributed by atoms with van der Waals surface area (Å²) < 4.78 is 13.6. The van der Waals surface area contributed by atoms with Crippen molar-refractivity contribution in [3.63, 3.8) is 0 Å². The summed E-state index contributed by atoms with van der Waals surface area (Å²) in [5.74, 6) is 0.592. The molecule has 0 aliphatic carbocycles. The fourth-order valence-corrected chi connectivity index (χ4v) is 4.40. The highest BCUT2D eigenvalue weighted by Gasteiger charge is 2.18. The van der Waals surface area contributed by atoms with Gasteiger partial charge in [-0.15, -0.1) is 11.3 Å². The first-order chi connectivity index (χ1) is 15.2. The van der Waals surface area contributed by atoms with Gasteiger partial charge in [0.05, 0.1) is 15.8 Å². The molecule has 0 bridgehead atoms. The number of halogens is 1. The van der Waals surface area contributed by atoms with Gasteiger partial charge < -0.3 is 4.98 Å². The van der Waals surface area contributed by atoms with Crippen molar-refractivity contribution in [3.8, 4) is 33.2 Å². The van der Waals surface area contributed by atoms with Crippen LogP contribution in [0.1, 0.15) is 5.56 Å². The van der Waals surface area contributed by atoms with E-state index in [0.29, 0.717) is 28.4 Å². The average Bonchev–Trinajstić information content (AvgIpc) is 3.50. The Labute approximate surface area is 179 Å². The van der Waals surface area contributed by atoms with E-state index in [1.54, 1.807) is 24.7 Å². The maximum atomic E-state index is 13.6. The Morgan fingerprint density at radius 2 is 1.94 bits per heavy atom. The molecule has 2 N–H and O–H groups in total. The minimum Gasteiger partial charge on any atom is -0.336 e. The third kappa shape index (κ3) is 2.89. The molecule has 6 rings (SSSR count). The zero-order valence-corrected chi connectivity index (χ0v) is 17.0. The number of rotatable bonds is 3. The number of nitrogens with one attached hydrogen (secondary N) is 2. The Hall–Kier alpha value is -3.98. The molecule has 0 aromatic carbocycles. The van der Waals surface area contributed by atoms with E-state index in [4.69, 9.17) is 4.98 Å². The zero-order chi connectivity index (χ0) is 20.9. The van der Waals surface area contributed by atoms with Gasteiger partial charge in [0, 0.05) is 35.9 Å². The number of aromatic nitrogens is 7. The molecule has 0 saturated heterocycles. The second-order valence-electron chi connectivity index (χ2n) is 7.13. The Kier molecular flexibility index (Phi) is 3.90. The van der Waals surface area contributed by atoms with E-state index in [-0.39, 0.29) is 5.13 Å². The van der Waals surface area contributed by atoms with E-state index in [2.05, 4.69) is 30.1 Å². The van der Waals surface area contributed by atoms with Gasteiger partial charge in [0.25, 0.3) is 0 Å². The highest BCUT2D eigenvalue weighted by atomic mass is 32.1. The Morgan fingerprint density at radius 3 is 2.77 bits per heavy atom. The number of imidazole rings is 1. The van der Waals surface area contributed by atoms with Crippen LogP contribution in [0.3, 0.4) is 0 Å². The summed E-state index contributed by atoms with van der Waals surface area (Å²) in [6.45, 7) is 2.04. The normalized spacial score (nSPS) is 11.5.